The molecule has 1 rings (SSSR count). The van der Waals surface area contributed by atoms with Crippen molar-refractivity contribution in [2.24, 2.45) is 0 Å². The maximum absolute atomic E-state index is 13.0. The largest absolute Gasteiger partial charge is 0.533 e. The molecule has 24 heavy (non-hydrogen) atoms. The predicted molar refractivity (Wildman–Crippen MR) is 74.9 cm³/mol. The third kappa shape index (κ3) is 5.37. The molecule has 134 valence electrons. The zero-order valence-corrected chi connectivity index (χ0v) is 13.3. The molecule has 0 aliphatic heterocycles. The average molecular weight is 350 g/mol. The zero-order chi connectivity index (χ0) is 18.3. The summed E-state index contributed by atoms with van der Waals surface area (Å²) in [6.07, 6.45) is -4.30. The lowest BCUT2D eigenvalue weighted by Gasteiger charge is -2.25. The number of aromatic nitrogens is 1. The van der Waals surface area contributed by atoms with E-state index in [1.165, 1.54) is 21.0 Å². The molecule has 0 aliphatic rings. The third-order valence-corrected chi connectivity index (χ3v) is 2.71. The molecule has 0 radical (unpaired) electrons. The first kappa shape index (κ1) is 19.7. The van der Waals surface area contributed by atoms with Crippen LogP contribution in [0.2, 0.25) is 0 Å². The van der Waals surface area contributed by atoms with E-state index in [0.717, 1.165) is 12.4 Å². The molecule has 0 fully saturated rings. The van der Waals surface area contributed by atoms with Crippen LogP contribution in [0.3, 0.4) is 0 Å². The van der Waals surface area contributed by atoms with Gasteiger partial charge in [0, 0.05) is 19.5 Å². The van der Waals surface area contributed by atoms with Crippen molar-refractivity contribution < 1.29 is 37.1 Å². The fourth-order valence-electron chi connectivity index (χ4n) is 1.63. The van der Waals surface area contributed by atoms with E-state index in [0.29, 0.717) is 11.1 Å². The van der Waals surface area contributed by atoms with E-state index in [2.05, 4.69) is 14.5 Å². The van der Waals surface area contributed by atoms with E-state index < -0.39 is 35.4 Å². The van der Waals surface area contributed by atoms with Gasteiger partial charge < -0.3 is 14.3 Å². The van der Waals surface area contributed by atoms with Crippen LogP contribution in [-0.4, -0.2) is 48.5 Å². The minimum Gasteiger partial charge on any atom is -0.430 e. The third-order valence-electron chi connectivity index (χ3n) is 2.71. The van der Waals surface area contributed by atoms with Gasteiger partial charge in [0.05, 0.1) is 23.8 Å². The predicted octanol–water partition coefficient (Wildman–Crippen LogP) is 2.67. The number of hydrogen-bond donors (Lipinski definition) is 0. The highest BCUT2D eigenvalue weighted by atomic mass is 19.4. The molecule has 0 N–H and O–H groups in total. The van der Waals surface area contributed by atoms with Crippen LogP contribution in [0, 0.1) is 0 Å². The topological polar surface area (TPSA) is 78.0 Å². The molecule has 1 aromatic heterocycles. The Labute approximate surface area is 136 Å². The molecule has 0 bridgehead atoms. The summed E-state index contributed by atoms with van der Waals surface area (Å²) in [5.74, 6) is -1.16. The van der Waals surface area contributed by atoms with Gasteiger partial charge in [0.15, 0.2) is 0 Å². The van der Waals surface area contributed by atoms with Gasteiger partial charge in [0.1, 0.15) is 6.61 Å². The van der Waals surface area contributed by atoms with Crippen molar-refractivity contribution in [2.45, 2.75) is 26.1 Å². The van der Waals surface area contributed by atoms with E-state index in [-0.39, 0.29) is 13.2 Å². The van der Waals surface area contributed by atoms with Crippen LogP contribution in [0.1, 0.15) is 29.8 Å². The molecule has 0 aromatic carbocycles. The highest BCUT2D eigenvalue weighted by Gasteiger charge is 2.37. The van der Waals surface area contributed by atoms with Crippen molar-refractivity contribution in [3.63, 3.8) is 0 Å². The molecule has 0 saturated carbocycles. The second-order valence-electron chi connectivity index (χ2n) is 4.83. The number of ether oxygens (including phenoxy) is 2. The van der Waals surface area contributed by atoms with Crippen LogP contribution < -0.4 is 0 Å². The van der Waals surface area contributed by atoms with Crippen molar-refractivity contribution in [1.29, 1.82) is 0 Å². The Bertz CT molecular complexity index is 578. The molecule has 0 saturated heterocycles. The summed E-state index contributed by atoms with van der Waals surface area (Å²) in [6, 6.07) is -0.0587. The van der Waals surface area contributed by atoms with Crippen molar-refractivity contribution in [3.05, 3.63) is 29.6 Å². The minimum absolute atomic E-state index is 0.103. The van der Waals surface area contributed by atoms with Crippen molar-refractivity contribution in [3.8, 4) is 0 Å². The molecule has 7 nitrogen and oxygen atoms in total. The monoisotopic (exact) mass is 350 g/mol. The summed E-state index contributed by atoms with van der Waals surface area (Å²) in [7, 11) is 1.39. The molecule has 0 unspecified atom stereocenters. The molecule has 1 heterocycles. The number of amides is 1. The Morgan fingerprint density at radius 2 is 1.96 bits per heavy atom. The number of hydroxylamine groups is 2. The SMILES string of the molecule is COCCOC(=O)ON(C(=O)c1cnccc1C(F)(F)F)C(C)C. The van der Waals surface area contributed by atoms with Gasteiger partial charge in [-0.05, 0) is 19.9 Å². The van der Waals surface area contributed by atoms with Crippen molar-refractivity contribution in [2.75, 3.05) is 20.3 Å². The van der Waals surface area contributed by atoms with Crippen LogP contribution in [-0.2, 0) is 20.5 Å². The van der Waals surface area contributed by atoms with Gasteiger partial charge in [-0.25, -0.2) is 4.79 Å². The standard InChI is InChI=1S/C14H17F3N2O5/c1-9(2)19(24-13(21)23-7-6-22-3)12(20)10-8-18-5-4-11(10)14(15,16)17/h4-5,8-9H,6-7H2,1-3H3. The molecule has 0 aliphatic carbocycles. The van der Waals surface area contributed by atoms with Gasteiger partial charge in [-0.3, -0.25) is 9.78 Å². The number of halogens is 3. The smallest absolute Gasteiger partial charge is 0.430 e. The highest BCUT2D eigenvalue weighted by molar-refractivity contribution is 5.95. The van der Waals surface area contributed by atoms with Gasteiger partial charge in [-0.1, -0.05) is 0 Å². The van der Waals surface area contributed by atoms with Crippen LogP contribution in [0.4, 0.5) is 18.0 Å². The van der Waals surface area contributed by atoms with E-state index in [1.807, 2.05) is 0 Å². The Morgan fingerprint density at radius 1 is 1.29 bits per heavy atom. The number of nitrogens with zero attached hydrogens (tertiary/aromatic N) is 2. The normalized spacial score (nSPS) is 11.3. The van der Waals surface area contributed by atoms with Gasteiger partial charge in [-0.2, -0.15) is 18.2 Å². The van der Waals surface area contributed by atoms with E-state index in [4.69, 9.17) is 4.84 Å². The maximum Gasteiger partial charge on any atom is 0.533 e. The fraction of sp³-hybridized carbons (Fsp3) is 0.500. The van der Waals surface area contributed by atoms with Crippen LogP contribution in [0.25, 0.3) is 0 Å². The lowest BCUT2D eigenvalue weighted by Crippen LogP contribution is -2.40. The molecule has 0 spiro atoms. The zero-order valence-electron chi connectivity index (χ0n) is 13.3. The quantitative estimate of drug-likeness (QED) is 0.462. The number of methoxy groups -OCH3 is 1. The highest BCUT2D eigenvalue weighted by Crippen LogP contribution is 2.32. The lowest BCUT2D eigenvalue weighted by molar-refractivity contribution is -0.139. The molecule has 10 heteroatoms. The van der Waals surface area contributed by atoms with Crippen molar-refractivity contribution in [1.82, 2.24) is 10.0 Å². The van der Waals surface area contributed by atoms with Crippen LogP contribution in [0.5, 0.6) is 0 Å². The van der Waals surface area contributed by atoms with Crippen molar-refractivity contribution >= 4 is 12.1 Å². The number of carbonyl (C=O) groups excluding carboxylic acids is 2. The number of carbonyl (C=O) groups is 2. The lowest BCUT2D eigenvalue weighted by atomic mass is 10.1. The summed E-state index contributed by atoms with van der Waals surface area (Å²) in [4.78, 5) is 32.1. The van der Waals surface area contributed by atoms with Crippen LogP contribution >= 0.6 is 0 Å². The summed E-state index contributed by atoms with van der Waals surface area (Å²) in [6.45, 7) is 2.90. The summed E-state index contributed by atoms with van der Waals surface area (Å²) in [5, 5.41) is 0.501. The molecular weight excluding hydrogens is 333 g/mol. The maximum atomic E-state index is 13.0. The number of hydrogen-bond acceptors (Lipinski definition) is 6. The molecule has 1 aromatic rings. The first-order valence-electron chi connectivity index (χ1n) is 6.87. The summed E-state index contributed by atoms with van der Waals surface area (Å²) in [5.41, 5.74) is -1.91. The molecular formula is C14H17F3N2O5. The van der Waals surface area contributed by atoms with Crippen LogP contribution in [0.15, 0.2) is 18.5 Å². The van der Waals surface area contributed by atoms with E-state index >= 15 is 0 Å². The number of rotatable bonds is 5. The van der Waals surface area contributed by atoms with E-state index in [9.17, 15) is 22.8 Å². The Kier molecular flexibility index (Phi) is 6.96. The fourth-order valence-corrected chi connectivity index (χ4v) is 1.63. The van der Waals surface area contributed by atoms with E-state index in [1.54, 1.807) is 0 Å². The second-order valence-corrected chi connectivity index (χ2v) is 4.83. The Morgan fingerprint density at radius 3 is 2.50 bits per heavy atom. The first-order valence-corrected chi connectivity index (χ1v) is 6.87. The minimum atomic E-state index is -4.75. The summed E-state index contributed by atoms with van der Waals surface area (Å²) >= 11 is 0. The molecule has 0 atom stereocenters. The Hall–Kier alpha value is -2.36. The second kappa shape index (κ2) is 8.48. The number of pyridine rings is 1. The molecule has 1 amide bonds. The van der Waals surface area contributed by atoms with Gasteiger partial charge in [0.2, 0.25) is 0 Å². The van der Waals surface area contributed by atoms with Gasteiger partial charge >= 0.3 is 12.3 Å². The number of alkyl halides is 3. The average Bonchev–Trinajstić information content (AvgIpc) is 2.51. The Balaban J connectivity index is 2.98. The van der Waals surface area contributed by atoms with Gasteiger partial charge in [0.25, 0.3) is 5.91 Å². The first-order chi connectivity index (χ1) is 11.2. The van der Waals surface area contributed by atoms with Gasteiger partial charge in [-0.15, -0.1) is 0 Å². The summed E-state index contributed by atoms with van der Waals surface area (Å²) < 4.78 is 48.3.